The number of nitrogens with zero attached hydrogens (tertiary/aromatic N) is 1. The van der Waals surface area contributed by atoms with Crippen LogP contribution in [0, 0.1) is 6.92 Å². The highest BCUT2D eigenvalue weighted by molar-refractivity contribution is 5.03. The van der Waals surface area contributed by atoms with Crippen molar-refractivity contribution < 1.29 is 9.15 Å². The molecule has 0 spiro atoms. The van der Waals surface area contributed by atoms with Gasteiger partial charge in [-0.05, 0) is 6.92 Å². The van der Waals surface area contributed by atoms with Crippen molar-refractivity contribution in [3.05, 3.63) is 17.8 Å². The van der Waals surface area contributed by atoms with E-state index in [-0.39, 0.29) is 0 Å². The quantitative estimate of drug-likeness (QED) is 0.609. The number of nitrogens with one attached hydrogen (secondary N) is 2. The summed E-state index contributed by atoms with van der Waals surface area (Å²) in [6.07, 6.45) is 1.48. The Balaban J connectivity index is 1.96. The Hall–Kier alpha value is -0.910. The Bertz CT molecular complexity index is 263. The van der Waals surface area contributed by atoms with Gasteiger partial charge in [0.25, 0.3) is 0 Å². The van der Waals surface area contributed by atoms with Gasteiger partial charge in [0.1, 0.15) is 5.76 Å². The highest BCUT2D eigenvalue weighted by Gasteiger charge is 2.01. The highest BCUT2D eigenvalue weighted by Crippen LogP contribution is 2.02. The van der Waals surface area contributed by atoms with Crippen LogP contribution in [0.25, 0.3) is 0 Å². The van der Waals surface area contributed by atoms with Crippen LogP contribution in [-0.4, -0.2) is 38.3 Å². The first-order chi connectivity index (χ1) is 7.34. The molecule has 0 bridgehead atoms. The maximum atomic E-state index is 5.20. The first-order valence-electron chi connectivity index (χ1n) is 5.14. The van der Waals surface area contributed by atoms with E-state index in [4.69, 9.17) is 9.15 Å². The molecule has 1 heterocycles. The number of hydrogen-bond acceptors (Lipinski definition) is 5. The minimum absolute atomic E-state index is 0.734. The monoisotopic (exact) mass is 213 g/mol. The number of hydrogen-bond donors (Lipinski definition) is 2. The lowest BCUT2D eigenvalue weighted by molar-refractivity contribution is 0.199. The van der Waals surface area contributed by atoms with Gasteiger partial charge in [-0.3, -0.25) is 0 Å². The summed E-state index contributed by atoms with van der Waals surface area (Å²) in [5.41, 5.74) is 0.954. The third kappa shape index (κ3) is 4.92. The normalized spacial score (nSPS) is 10.8. The van der Waals surface area contributed by atoms with Crippen molar-refractivity contribution in [3.8, 4) is 0 Å². The van der Waals surface area contributed by atoms with Crippen molar-refractivity contribution in [1.82, 2.24) is 15.6 Å². The molecule has 0 aliphatic rings. The largest absolute Gasteiger partial charge is 0.447 e. The summed E-state index contributed by atoms with van der Waals surface area (Å²) in [6, 6.07) is 0. The van der Waals surface area contributed by atoms with Crippen LogP contribution in [-0.2, 0) is 11.3 Å². The SMILES string of the molecule is COCCNCCNCc1ocnc1C. The molecule has 15 heavy (non-hydrogen) atoms. The molecule has 0 fully saturated rings. The molecule has 0 atom stereocenters. The lowest BCUT2D eigenvalue weighted by Crippen LogP contribution is -2.29. The van der Waals surface area contributed by atoms with Gasteiger partial charge in [-0.15, -0.1) is 0 Å². The van der Waals surface area contributed by atoms with Crippen LogP contribution in [0.15, 0.2) is 10.8 Å². The zero-order valence-electron chi connectivity index (χ0n) is 9.38. The van der Waals surface area contributed by atoms with Crippen molar-refractivity contribution in [1.29, 1.82) is 0 Å². The number of ether oxygens (including phenoxy) is 1. The molecule has 0 saturated heterocycles. The van der Waals surface area contributed by atoms with E-state index in [9.17, 15) is 0 Å². The lowest BCUT2D eigenvalue weighted by Gasteiger charge is -2.04. The summed E-state index contributed by atoms with van der Waals surface area (Å²) < 4.78 is 10.1. The van der Waals surface area contributed by atoms with Gasteiger partial charge >= 0.3 is 0 Å². The fourth-order valence-corrected chi connectivity index (χ4v) is 1.17. The van der Waals surface area contributed by atoms with E-state index in [0.717, 1.165) is 44.2 Å². The topological polar surface area (TPSA) is 59.3 Å². The third-order valence-electron chi connectivity index (χ3n) is 2.09. The molecule has 0 aliphatic heterocycles. The summed E-state index contributed by atoms with van der Waals surface area (Å²) in [5, 5.41) is 6.52. The second-order valence-electron chi connectivity index (χ2n) is 3.28. The van der Waals surface area contributed by atoms with E-state index < -0.39 is 0 Å². The molecule has 5 nitrogen and oxygen atoms in total. The summed E-state index contributed by atoms with van der Waals surface area (Å²) in [4.78, 5) is 4.02. The molecular formula is C10H19N3O2. The third-order valence-corrected chi connectivity index (χ3v) is 2.09. The smallest absolute Gasteiger partial charge is 0.181 e. The van der Waals surface area contributed by atoms with Gasteiger partial charge in [-0.2, -0.15) is 0 Å². The van der Waals surface area contributed by atoms with Crippen LogP contribution in [0.2, 0.25) is 0 Å². The van der Waals surface area contributed by atoms with Gasteiger partial charge in [0.05, 0.1) is 18.8 Å². The predicted molar refractivity (Wildman–Crippen MR) is 57.7 cm³/mol. The van der Waals surface area contributed by atoms with Crippen molar-refractivity contribution in [2.24, 2.45) is 0 Å². The molecular weight excluding hydrogens is 194 g/mol. The van der Waals surface area contributed by atoms with Gasteiger partial charge in [-0.25, -0.2) is 4.98 Å². The molecule has 0 aliphatic carbocycles. The van der Waals surface area contributed by atoms with Gasteiger partial charge in [0.15, 0.2) is 6.39 Å². The van der Waals surface area contributed by atoms with E-state index in [1.165, 1.54) is 6.39 Å². The predicted octanol–water partition coefficient (Wildman–Crippen LogP) is 0.309. The Morgan fingerprint density at radius 3 is 2.80 bits per heavy atom. The average Bonchev–Trinajstić information content (AvgIpc) is 2.63. The minimum atomic E-state index is 0.734. The molecule has 1 rings (SSSR count). The van der Waals surface area contributed by atoms with Crippen LogP contribution in [0.5, 0.6) is 0 Å². The van der Waals surface area contributed by atoms with Crippen molar-refractivity contribution >= 4 is 0 Å². The molecule has 0 saturated carbocycles. The standard InChI is InChI=1S/C10H19N3O2/c1-9-10(15-8-13-9)7-12-4-3-11-5-6-14-2/h8,11-12H,3-7H2,1-2H3. The fourth-order valence-electron chi connectivity index (χ4n) is 1.17. The van der Waals surface area contributed by atoms with Crippen molar-refractivity contribution in [2.75, 3.05) is 33.4 Å². The summed E-state index contributed by atoms with van der Waals surface area (Å²) in [6.45, 7) is 6.15. The van der Waals surface area contributed by atoms with Crippen LogP contribution in [0.1, 0.15) is 11.5 Å². The Kier molecular flexibility index (Phi) is 5.99. The molecule has 86 valence electrons. The molecule has 0 amide bonds. The van der Waals surface area contributed by atoms with Gasteiger partial charge < -0.3 is 19.8 Å². The van der Waals surface area contributed by atoms with Gasteiger partial charge in [0, 0.05) is 26.7 Å². The number of rotatable bonds is 8. The summed E-state index contributed by atoms with van der Waals surface area (Å²) in [5.74, 6) is 0.909. The van der Waals surface area contributed by atoms with E-state index in [1.54, 1.807) is 7.11 Å². The molecule has 5 heteroatoms. The maximum absolute atomic E-state index is 5.20. The van der Waals surface area contributed by atoms with Gasteiger partial charge in [0.2, 0.25) is 0 Å². The molecule has 0 unspecified atom stereocenters. The molecule has 2 N–H and O–H groups in total. The van der Waals surface area contributed by atoms with Crippen molar-refractivity contribution in [3.63, 3.8) is 0 Å². The van der Waals surface area contributed by atoms with Crippen LogP contribution in [0.4, 0.5) is 0 Å². The second kappa shape index (κ2) is 7.39. The van der Waals surface area contributed by atoms with Crippen LogP contribution >= 0.6 is 0 Å². The second-order valence-corrected chi connectivity index (χ2v) is 3.28. The van der Waals surface area contributed by atoms with E-state index in [0.29, 0.717) is 0 Å². The fraction of sp³-hybridized carbons (Fsp3) is 0.700. The Morgan fingerprint density at radius 1 is 1.33 bits per heavy atom. The first-order valence-corrected chi connectivity index (χ1v) is 5.14. The number of aromatic nitrogens is 1. The minimum Gasteiger partial charge on any atom is -0.447 e. The zero-order chi connectivity index (χ0) is 10.9. The maximum Gasteiger partial charge on any atom is 0.181 e. The average molecular weight is 213 g/mol. The Morgan fingerprint density at radius 2 is 2.13 bits per heavy atom. The molecule has 0 radical (unpaired) electrons. The zero-order valence-corrected chi connectivity index (χ0v) is 9.38. The van der Waals surface area contributed by atoms with Gasteiger partial charge in [-0.1, -0.05) is 0 Å². The van der Waals surface area contributed by atoms with E-state index in [1.807, 2.05) is 6.92 Å². The molecule has 1 aromatic heterocycles. The summed E-state index contributed by atoms with van der Waals surface area (Å²) >= 11 is 0. The van der Waals surface area contributed by atoms with E-state index >= 15 is 0 Å². The van der Waals surface area contributed by atoms with Crippen LogP contribution in [0.3, 0.4) is 0 Å². The lowest BCUT2D eigenvalue weighted by atomic mass is 10.3. The summed E-state index contributed by atoms with van der Waals surface area (Å²) in [7, 11) is 1.70. The number of methoxy groups -OCH3 is 1. The molecule has 1 aromatic rings. The number of oxazole rings is 1. The van der Waals surface area contributed by atoms with Crippen molar-refractivity contribution in [2.45, 2.75) is 13.5 Å². The van der Waals surface area contributed by atoms with Crippen LogP contribution < -0.4 is 10.6 Å². The number of aryl methyl sites for hydroxylation is 1. The highest BCUT2D eigenvalue weighted by atomic mass is 16.5. The first kappa shape index (κ1) is 12.2. The van der Waals surface area contributed by atoms with E-state index in [2.05, 4.69) is 15.6 Å². The Labute approximate surface area is 90.2 Å². The molecule has 0 aromatic carbocycles.